The molecule has 2 rings (SSSR count). The van der Waals surface area contributed by atoms with Gasteiger partial charge in [-0.2, -0.15) is 5.10 Å². The van der Waals surface area contributed by atoms with E-state index in [9.17, 15) is 4.79 Å². The van der Waals surface area contributed by atoms with Gasteiger partial charge in [0.25, 0.3) is 0 Å². The highest BCUT2D eigenvalue weighted by molar-refractivity contribution is 7.13. The molecule has 0 bridgehead atoms. The number of hydrogen-bond donors (Lipinski definition) is 2. The van der Waals surface area contributed by atoms with E-state index in [0.29, 0.717) is 16.9 Å². The van der Waals surface area contributed by atoms with Crippen LogP contribution in [0.1, 0.15) is 25.6 Å². The molecule has 6 nitrogen and oxygen atoms in total. The molecule has 2 aromatic rings. The Hall–Kier alpha value is -1.89. The van der Waals surface area contributed by atoms with E-state index in [1.165, 1.54) is 11.3 Å². The van der Waals surface area contributed by atoms with E-state index in [2.05, 4.69) is 15.4 Å². The van der Waals surface area contributed by atoms with Crippen molar-refractivity contribution < 1.29 is 9.90 Å². The summed E-state index contributed by atoms with van der Waals surface area (Å²) >= 11 is 1.38. The van der Waals surface area contributed by atoms with E-state index in [0.717, 1.165) is 5.69 Å². The van der Waals surface area contributed by atoms with Crippen molar-refractivity contribution in [1.29, 1.82) is 0 Å². The van der Waals surface area contributed by atoms with Crippen LogP contribution in [0.25, 0.3) is 0 Å². The fourth-order valence-corrected chi connectivity index (χ4v) is 2.14. The van der Waals surface area contributed by atoms with Gasteiger partial charge in [0.1, 0.15) is 0 Å². The van der Waals surface area contributed by atoms with Gasteiger partial charge in [-0.1, -0.05) is 0 Å². The quantitative estimate of drug-likeness (QED) is 0.868. The SMILES string of the molecule is CC(C)n1cc(Nc2nc(CC(=O)O)cs2)cn1. The van der Waals surface area contributed by atoms with Crippen LogP contribution in [0.4, 0.5) is 10.8 Å². The molecular formula is C11H14N4O2S. The van der Waals surface area contributed by atoms with Crippen LogP contribution in [0.2, 0.25) is 0 Å². The molecule has 0 unspecified atom stereocenters. The van der Waals surface area contributed by atoms with E-state index >= 15 is 0 Å². The fourth-order valence-electron chi connectivity index (χ4n) is 1.41. The van der Waals surface area contributed by atoms with Crippen LogP contribution in [0.3, 0.4) is 0 Å². The van der Waals surface area contributed by atoms with Crippen LogP contribution in [0, 0.1) is 0 Å². The predicted molar refractivity (Wildman–Crippen MR) is 69.3 cm³/mol. The first-order chi connectivity index (χ1) is 8.54. The first-order valence-electron chi connectivity index (χ1n) is 5.52. The number of aliphatic carboxylic acids is 1. The number of nitrogens with zero attached hydrogens (tertiary/aromatic N) is 3. The van der Waals surface area contributed by atoms with Crippen LogP contribution in [-0.4, -0.2) is 25.8 Å². The van der Waals surface area contributed by atoms with Gasteiger partial charge in [0, 0.05) is 17.6 Å². The van der Waals surface area contributed by atoms with E-state index < -0.39 is 5.97 Å². The Labute approximate surface area is 108 Å². The molecule has 0 aliphatic rings. The van der Waals surface area contributed by atoms with Crippen molar-refractivity contribution in [3.63, 3.8) is 0 Å². The molecule has 0 atom stereocenters. The summed E-state index contributed by atoms with van der Waals surface area (Å²) in [6.45, 7) is 4.09. The molecule has 18 heavy (non-hydrogen) atoms. The minimum Gasteiger partial charge on any atom is -0.481 e. The number of hydrogen-bond acceptors (Lipinski definition) is 5. The highest BCUT2D eigenvalue weighted by Gasteiger charge is 2.07. The van der Waals surface area contributed by atoms with Gasteiger partial charge in [0.05, 0.1) is 24.0 Å². The van der Waals surface area contributed by atoms with Crippen molar-refractivity contribution in [1.82, 2.24) is 14.8 Å². The normalized spacial score (nSPS) is 10.8. The van der Waals surface area contributed by atoms with E-state index in [4.69, 9.17) is 5.11 Å². The molecule has 0 fully saturated rings. The van der Waals surface area contributed by atoms with Gasteiger partial charge in [-0.3, -0.25) is 9.48 Å². The Bertz CT molecular complexity index is 547. The largest absolute Gasteiger partial charge is 0.481 e. The summed E-state index contributed by atoms with van der Waals surface area (Å²) in [6.07, 6.45) is 3.56. The number of aromatic nitrogens is 3. The molecule has 0 aromatic carbocycles. The second-order valence-corrected chi connectivity index (χ2v) is 5.00. The Kier molecular flexibility index (Phi) is 3.61. The van der Waals surface area contributed by atoms with Crippen molar-refractivity contribution in [2.24, 2.45) is 0 Å². The van der Waals surface area contributed by atoms with Gasteiger partial charge >= 0.3 is 5.97 Å². The van der Waals surface area contributed by atoms with E-state index in [1.54, 1.807) is 11.6 Å². The zero-order valence-corrected chi connectivity index (χ0v) is 10.9. The lowest BCUT2D eigenvalue weighted by molar-refractivity contribution is -0.136. The van der Waals surface area contributed by atoms with E-state index in [1.807, 2.05) is 24.7 Å². The Balaban J connectivity index is 2.04. The van der Waals surface area contributed by atoms with Gasteiger partial charge in [0.15, 0.2) is 5.13 Å². The highest BCUT2D eigenvalue weighted by Crippen LogP contribution is 2.21. The smallest absolute Gasteiger partial charge is 0.309 e. The summed E-state index contributed by atoms with van der Waals surface area (Å²) in [5.41, 5.74) is 1.41. The molecule has 0 saturated carbocycles. The molecule has 2 N–H and O–H groups in total. The second-order valence-electron chi connectivity index (χ2n) is 4.14. The van der Waals surface area contributed by atoms with Crippen molar-refractivity contribution in [3.05, 3.63) is 23.5 Å². The summed E-state index contributed by atoms with van der Waals surface area (Å²) in [4.78, 5) is 14.7. The van der Waals surface area contributed by atoms with Crippen LogP contribution in [0.5, 0.6) is 0 Å². The van der Waals surface area contributed by atoms with Gasteiger partial charge in [0.2, 0.25) is 0 Å². The van der Waals surface area contributed by atoms with Crippen LogP contribution < -0.4 is 5.32 Å². The van der Waals surface area contributed by atoms with Crippen molar-refractivity contribution in [3.8, 4) is 0 Å². The predicted octanol–water partition coefficient (Wildman–Crippen LogP) is 2.29. The summed E-state index contributed by atoms with van der Waals surface area (Å²) in [7, 11) is 0. The molecule has 0 aliphatic carbocycles. The molecule has 0 radical (unpaired) electrons. The molecule has 2 heterocycles. The molecule has 0 saturated heterocycles. The number of anilines is 2. The summed E-state index contributed by atoms with van der Waals surface area (Å²) in [5.74, 6) is -0.875. The van der Waals surface area contributed by atoms with Crippen molar-refractivity contribution in [2.75, 3.05) is 5.32 Å². The highest BCUT2D eigenvalue weighted by atomic mass is 32.1. The summed E-state index contributed by atoms with van der Waals surface area (Å²) < 4.78 is 1.84. The average molecular weight is 266 g/mol. The molecule has 7 heteroatoms. The molecular weight excluding hydrogens is 252 g/mol. The third-order valence-electron chi connectivity index (χ3n) is 2.27. The van der Waals surface area contributed by atoms with E-state index in [-0.39, 0.29) is 6.42 Å². The molecule has 2 aromatic heterocycles. The summed E-state index contributed by atoms with van der Waals surface area (Å²) in [6, 6.07) is 0.305. The first kappa shape index (κ1) is 12.6. The van der Waals surface area contributed by atoms with Gasteiger partial charge in [-0.05, 0) is 13.8 Å². The van der Waals surface area contributed by atoms with Crippen molar-refractivity contribution >= 4 is 28.1 Å². The summed E-state index contributed by atoms with van der Waals surface area (Å²) in [5, 5.41) is 18.4. The van der Waals surface area contributed by atoms with Gasteiger partial charge in [-0.15, -0.1) is 11.3 Å². The zero-order valence-electron chi connectivity index (χ0n) is 10.1. The average Bonchev–Trinajstić information content (AvgIpc) is 2.88. The topological polar surface area (TPSA) is 80.0 Å². The maximum absolute atomic E-state index is 10.5. The van der Waals surface area contributed by atoms with Crippen LogP contribution in [-0.2, 0) is 11.2 Å². The zero-order chi connectivity index (χ0) is 13.1. The third-order valence-corrected chi connectivity index (χ3v) is 3.07. The molecule has 0 amide bonds. The Morgan fingerprint density at radius 3 is 3.00 bits per heavy atom. The lowest BCUT2D eigenvalue weighted by Crippen LogP contribution is -2.00. The number of rotatable bonds is 5. The lowest BCUT2D eigenvalue weighted by Gasteiger charge is -2.03. The number of nitrogens with one attached hydrogen (secondary N) is 1. The minimum absolute atomic E-state index is 0.0521. The maximum Gasteiger partial charge on any atom is 0.309 e. The number of carboxylic acid groups (broad SMARTS) is 1. The van der Waals surface area contributed by atoms with Crippen LogP contribution in [0.15, 0.2) is 17.8 Å². The minimum atomic E-state index is -0.875. The number of carboxylic acids is 1. The Morgan fingerprint density at radius 1 is 1.61 bits per heavy atom. The lowest BCUT2D eigenvalue weighted by atomic mass is 10.3. The van der Waals surface area contributed by atoms with Crippen LogP contribution >= 0.6 is 11.3 Å². The van der Waals surface area contributed by atoms with Crippen molar-refractivity contribution in [2.45, 2.75) is 26.3 Å². The monoisotopic (exact) mass is 266 g/mol. The number of carbonyl (C=O) groups is 1. The maximum atomic E-state index is 10.5. The fraction of sp³-hybridized carbons (Fsp3) is 0.364. The standard InChI is InChI=1S/C11H14N4O2S/c1-7(2)15-5-9(4-12-15)14-11-13-8(6-18-11)3-10(16)17/h4-7H,3H2,1-2H3,(H,13,14)(H,16,17). The molecule has 0 aliphatic heterocycles. The molecule has 96 valence electrons. The number of thiazole rings is 1. The first-order valence-corrected chi connectivity index (χ1v) is 6.40. The Morgan fingerprint density at radius 2 is 2.39 bits per heavy atom. The molecule has 0 spiro atoms. The third kappa shape index (κ3) is 3.07. The second kappa shape index (κ2) is 5.18. The van der Waals surface area contributed by atoms with Gasteiger partial charge in [-0.25, -0.2) is 4.98 Å². The van der Waals surface area contributed by atoms with Gasteiger partial charge < -0.3 is 10.4 Å².